The highest BCUT2D eigenvalue weighted by atomic mass is 35.5. The first-order valence-electron chi connectivity index (χ1n) is 26.7. The second-order valence-electron chi connectivity index (χ2n) is 21.0. The SMILES string of the molecule is O=C(O)[C@@H]1CCCN1.O=C(O)[C@@H]1CCCN1.OC[C@H]1O[C@@H](c2ccc(Cl)c(Cc3ccc(OCC4(F)CCC4)cc3)c2)[C@H](O)[C@@H](O)[C@@H]1O.OC[C@H]1O[C@@H](c2ccc(Cl)c(Cc3ccc(OCC4(F)COC4)cc3)c2)[C@H](O)[C@@H](O)[C@@H]1O. The molecule has 0 radical (unpaired) electrons. The van der Waals surface area contributed by atoms with Gasteiger partial charge >= 0.3 is 11.9 Å². The van der Waals surface area contributed by atoms with Gasteiger partial charge in [-0.2, -0.15) is 0 Å². The standard InChI is InChI=1S/C24H28ClFO6.C23H26ClFO7.2C5H9NO2/c25-18-7-4-15(23-22(30)21(29)20(28)19(12-27)32-23)11-16(18)10-14-2-5-17(6-3-14)31-13-24(26)8-1-9-24;24-17-6-3-14(22-21(29)20(28)19(27)18(9-26)32-22)8-15(17)7-13-1-4-16(5-2-13)31-12-23(25)10-30-11-23;2*7-5(8)4-2-1-3-6-4/h2-7,11,19-23,27-30H,1,8-10,12-13H2;1-6,8,18-22,26-29H,7,9-12H2;2*4,6H,1-3H2,(H,7,8)/t19-,20-,21+,22-,23+;18-,19-,20+,21-,22+;2*4-/m1100/s1. The van der Waals surface area contributed by atoms with E-state index < -0.39 is 97.5 Å². The lowest BCUT2D eigenvalue weighted by molar-refractivity contribution is -0.231. The molecule has 12 atom stereocenters. The van der Waals surface area contributed by atoms with Crippen molar-refractivity contribution in [3.05, 3.63) is 128 Å². The van der Waals surface area contributed by atoms with Gasteiger partial charge in [-0.3, -0.25) is 9.59 Å². The number of aliphatic hydroxyl groups is 8. The van der Waals surface area contributed by atoms with Gasteiger partial charge in [0.2, 0.25) is 0 Å². The van der Waals surface area contributed by atoms with E-state index in [1.54, 1.807) is 60.7 Å². The van der Waals surface area contributed by atoms with Gasteiger partial charge in [0.05, 0.1) is 26.4 Å². The van der Waals surface area contributed by atoms with Gasteiger partial charge in [-0.25, -0.2) is 8.78 Å². The third-order valence-electron chi connectivity index (χ3n) is 14.9. The van der Waals surface area contributed by atoms with Crippen LogP contribution in [0.1, 0.15) is 90.5 Å². The average Bonchev–Trinajstić information content (AvgIpc) is 4.20. The number of benzene rings is 4. The first kappa shape index (κ1) is 62.9. The molecule has 5 aliphatic heterocycles. The molecule has 5 saturated heterocycles. The van der Waals surface area contributed by atoms with E-state index in [9.17, 15) is 59.2 Å². The Balaban J connectivity index is 0.000000181. The summed E-state index contributed by atoms with van der Waals surface area (Å²) in [5, 5.41) is 103. The maximum Gasteiger partial charge on any atom is 0.320 e. The maximum atomic E-state index is 14.1. The molecule has 19 nitrogen and oxygen atoms in total. The van der Waals surface area contributed by atoms with E-state index in [1.807, 2.05) is 24.3 Å². The first-order chi connectivity index (χ1) is 38.2. The molecule has 1 aliphatic carbocycles. The zero-order chi connectivity index (χ0) is 57.7. The van der Waals surface area contributed by atoms with Crippen molar-refractivity contribution in [3.63, 3.8) is 0 Å². The minimum absolute atomic E-state index is 0.0500. The molecule has 10 rings (SSSR count). The number of carboxylic acid groups (broad SMARTS) is 2. The van der Waals surface area contributed by atoms with Gasteiger partial charge in [-0.05, 0) is 141 Å². The second kappa shape index (κ2) is 29.0. The third kappa shape index (κ3) is 16.8. The van der Waals surface area contributed by atoms with E-state index in [0.29, 0.717) is 58.4 Å². The summed E-state index contributed by atoms with van der Waals surface area (Å²) in [6, 6.07) is 24.3. The molecule has 12 N–H and O–H groups in total. The molecule has 1 saturated carbocycles. The molecule has 0 bridgehead atoms. The lowest BCUT2D eigenvalue weighted by atomic mass is 9.83. The van der Waals surface area contributed by atoms with E-state index in [4.69, 9.17) is 57.1 Å². The maximum absolute atomic E-state index is 14.1. The number of ether oxygens (including phenoxy) is 5. The number of hydrogen-bond acceptors (Lipinski definition) is 17. The molecule has 5 heterocycles. The van der Waals surface area contributed by atoms with Gasteiger partial charge in [-0.15, -0.1) is 0 Å². The zero-order valence-electron chi connectivity index (χ0n) is 43.9. The molecule has 6 fully saturated rings. The predicted molar refractivity (Wildman–Crippen MR) is 287 cm³/mol. The number of aliphatic carboxylic acids is 2. The lowest BCUT2D eigenvalue weighted by Crippen LogP contribution is -2.55. The molecule has 80 heavy (non-hydrogen) atoms. The van der Waals surface area contributed by atoms with Gasteiger partial charge in [-0.1, -0.05) is 71.7 Å². The van der Waals surface area contributed by atoms with E-state index >= 15 is 0 Å². The summed E-state index contributed by atoms with van der Waals surface area (Å²) in [6.07, 6.45) is -5.70. The molecule has 0 spiro atoms. The first-order valence-corrected chi connectivity index (χ1v) is 27.4. The second-order valence-corrected chi connectivity index (χ2v) is 21.9. The number of nitrogens with one attached hydrogen (secondary N) is 2. The van der Waals surface area contributed by atoms with Crippen LogP contribution in [0.2, 0.25) is 10.0 Å². The molecule has 6 aliphatic rings. The van der Waals surface area contributed by atoms with Crippen LogP contribution in [-0.4, -0.2) is 188 Å². The van der Waals surface area contributed by atoms with Crippen molar-refractivity contribution < 1.29 is 93.1 Å². The molecule has 4 aromatic rings. The molecule has 440 valence electrons. The summed E-state index contributed by atoms with van der Waals surface area (Å²) in [6.45, 7) is 0.849. The third-order valence-corrected chi connectivity index (χ3v) is 15.6. The van der Waals surface area contributed by atoms with Crippen LogP contribution in [0.4, 0.5) is 8.78 Å². The minimum atomic E-state index is -1.45. The molecule has 4 aromatic carbocycles. The van der Waals surface area contributed by atoms with Crippen molar-refractivity contribution >= 4 is 35.1 Å². The zero-order valence-corrected chi connectivity index (χ0v) is 45.4. The molecule has 0 amide bonds. The van der Waals surface area contributed by atoms with E-state index in [2.05, 4.69) is 10.6 Å². The summed E-state index contributed by atoms with van der Waals surface area (Å²) in [4.78, 5) is 20.3. The van der Waals surface area contributed by atoms with Gasteiger partial charge in [0.15, 0.2) is 5.67 Å². The molecular formula is C57H72Cl2F2N2O17. The van der Waals surface area contributed by atoms with E-state index in [-0.39, 0.29) is 38.5 Å². The van der Waals surface area contributed by atoms with Crippen LogP contribution in [-0.2, 0) is 36.6 Å². The monoisotopic (exact) mass is 1160 g/mol. The average molecular weight is 1170 g/mol. The van der Waals surface area contributed by atoms with Crippen molar-refractivity contribution in [2.45, 2.75) is 142 Å². The number of halogens is 4. The fraction of sp³-hybridized carbons (Fsp3) is 0.544. The van der Waals surface area contributed by atoms with Crippen LogP contribution >= 0.6 is 23.2 Å². The number of aliphatic hydroxyl groups excluding tert-OH is 8. The van der Waals surface area contributed by atoms with Crippen LogP contribution in [0.3, 0.4) is 0 Å². The largest absolute Gasteiger partial charge is 0.490 e. The number of carboxylic acids is 2. The van der Waals surface area contributed by atoms with Crippen molar-refractivity contribution in [2.75, 3.05) is 52.7 Å². The van der Waals surface area contributed by atoms with Crippen LogP contribution in [0.5, 0.6) is 11.5 Å². The smallest absolute Gasteiger partial charge is 0.320 e. The van der Waals surface area contributed by atoms with Crippen molar-refractivity contribution in [1.82, 2.24) is 10.6 Å². The van der Waals surface area contributed by atoms with E-state index in [1.165, 1.54) is 0 Å². The van der Waals surface area contributed by atoms with E-state index in [0.717, 1.165) is 67.4 Å². The predicted octanol–water partition coefficient (Wildman–Crippen LogP) is 3.93. The Hall–Kier alpha value is -4.66. The number of rotatable bonds is 16. The summed E-state index contributed by atoms with van der Waals surface area (Å²) in [5.41, 5.74) is 1.98. The van der Waals surface area contributed by atoms with Crippen molar-refractivity contribution in [3.8, 4) is 11.5 Å². The van der Waals surface area contributed by atoms with Gasteiger partial charge in [0, 0.05) is 10.0 Å². The Kier molecular flexibility index (Phi) is 22.8. The summed E-state index contributed by atoms with van der Waals surface area (Å²) in [5.74, 6) is -0.275. The Morgan fingerprint density at radius 3 is 1.26 bits per heavy atom. The highest BCUT2D eigenvalue weighted by Crippen LogP contribution is 2.38. The van der Waals surface area contributed by atoms with Gasteiger partial charge in [0.1, 0.15) is 104 Å². The van der Waals surface area contributed by atoms with Crippen LogP contribution in [0, 0.1) is 0 Å². The normalized spacial score (nSPS) is 29.1. The summed E-state index contributed by atoms with van der Waals surface area (Å²) >= 11 is 12.8. The van der Waals surface area contributed by atoms with Gasteiger partial charge in [0.25, 0.3) is 0 Å². The quantitative estimate of drug-likeness (QED) is 0.0757. The Morgan fingerprint density at radius 1 is 0.562 bits per heavy atom. The van der Waals surface area contributed by atoms with Crippen LogP contribution < -0.4 is 20.1 Å². The van der Waals surface area contributed by atoms with Crippen LogP contribution in [0.15, 0.2) is 84.9 Å². The fourth-order valence-electron chi connectivity index (χ4n) is 9.74. The Bertz CT molecular complexity index is 2430. The van der Waals surface area contributed by atoms with Crippen molar-refractivity contribution in [1.29, 1.82) is 0 Å². The fourth-order valence-corrected chi connectivity index (χ4v) is 10.1. The Morgan fingerprint density at radius 2 is 0.963 bits per heavy atom. The molecule has 0 aromatic heterocycles. The summed E-state index contributed by atoms with van der Waals surface area (Å²) < 4.78 is 55.3. The van der Waals surface area contributed by atoms with Crippen molar-refractivity contribution in [2.24, 2.45) is 0 Å². The van der Waals surface area contributed by atoms with Gasteiger partial charge < -0.3 is 85.4 Å². The summed E-state index contributed by atoms with van der Waals surface area (Å²) in [7, 11) is 0. The molecule has 0 unspecified atom stereocenters. The van der Waals surface area contributed by atoms with Crippen LogP contribution in [0.25, 0.3) is 0 Å². The number of hydrogen-bond donors (Lipinski definition) is 12. The lowest BCUT2D eigenvalue weighted by Gasteiger charge is -2.40. The molecule has 23 heteroatoms. The number of carbonyl (C=O) groups is 2. The number of alkyl halides is 2. The minimum Gasteiger partial charge on any atom is -0.490 e. The topological polar surface area (TPSA) is 307 Å². The highest BCUT2D eigenvalue weighted by Gasteiger charge is 2.46. The molecular weight excluding hydrogens is 1090 g/mol. The highest BCUT2D eigenvalue weighted by molar-refractivity contribution is 6.31. The Labute approximate surface area is 471 Å².